The Hall–Kier alpha value is -0.0800. The van der Waals surface area contributed by atoms with Crippen LogP contribution in [0.3, 0.4) is 0 Å². The molecule has 1 aliphatic heterocycles. The smallest absolute Gasteiger partial charge is 0.0223 e. The van der Waals surface area contributed by atoms with Crippen molar-refractivity contribution in [3.8, 4) is 0 Å². The van der Waals surface area contributed by atoms with Gasteiger partial charge >= 0.3 is 0 Å². The van der Waals surface area contributed by atoms with Crippen LogP contribution in [0.5, 0.6) is 0 Å². The summed E-state index contributed by atoms with van der Waals surface area (Å²) in [5.41, 5.74) is 0. The molecule has 1 N–H and O–H groups in total. The summed E-state index contributed by atoms with van der Waals surface area (Å²) in [6.07, 6.45) is 16.1. The van der Waals surface area contributed by atoms with E-state index in [0.29, 0.717) is 0 Å². The SMILES string of the molecule is C1CCC(C2CN(C3CCCCC3)CCCN2)CC1. The fourth-order valence-corrected chi connectivity index (χ4v) is 4.61. The molecule has 0 amide bonds. The minimum absolute atomic E-state index is 0.796. The van der Waals surface area contributed by atoms with E-state index in [4.69, 9.17) is 0 Å². The summed E-state index contributed by atoms with van der Waals surface area (Å²) in [6.45, 7) is 3.95. The molecule has 1 atom stereocenters. The molecule has 3 fully saturated rings. The van der Waals surface area contributed by atoms with E-state index in [9.17, 15) is 0 Å². The highest BCUT2D eigenvalue weighted by atomic mass is 15.2. The Morgan fingerprint density at radius 1 is 0.737 bits per heavy atom. The Morgan fingerprint density at radius 3 is 2.16 bits per heavy atom. The predicted molar refractivity (Wildman–Crippen MR) is 81.4 cm³/mol. The van der Waals surface area contributed by atoms with E-state index in [1.165, 1.54) is 90.3 Å². The van der Waals surface area contributed by atoms with E-state index in [0.717, 1.165) is 18.0 Å². The van der Waals surface area contributed by atoms with Crippen LogP contribution in [0.25, 0.3) is 0 Å². The average molecular weight is 264 g/mol. The zero-order chi connectivity index (χ0) is 12.9. The first-order chi connectivity index (χ1) is 9.43. The Kier molecular flexibility index (Phi) is 5.17. The predicted octanol–water partition coefficient (Wildman–Crippen LogP) is 3.56. The number of nitrogens with zero attached hydrogens (tertiary/aromatic N) is 1. The lowest BCUT2D eigenvalue weighted by molar-refractivity contribution is 0.133. The third-order valence-corrected chi connectivity index (χ3v) is 5.77. The van der Waals surface area contributed by atoms with Gasteiger partial charge in [-0.25, -0.2) is 0 Å². The number of rotatable bonds is 2. The molecule has 2 nitrogen and oxygen atoms in total. The van der Waals surface area contributed by atoms with E-state index in [2.05, 4.69) is 10.2 Å². The van der Waals surface area contributed by atoms with Crippen molar-refractivity contribution < 1.29 is 0 Å². The van der Waals surface area contributed by atoms with Crippen LogP contribution >= 0.6 is 0 Å². The molecule has 1 heterocycles. The van der Waals surface area contributed by atoms with Gasteiger partial charge in [-0.15, -0.1) is 0 Å². The first kappa shape index (κ1) is 13.9. The van der Waals surface area contributed by atoms with Gasteiger partial charge in [-0.05, 0) is 51.1 Å². The minimum Gasteiger partial charge on any atom is -0.312 e. The van der Waals surface area contributed by atoms with E-state index in [-0.39, 0.29) is 0 Å². The molecule has 0 aromatic carbocycles. The van der Waals surface area contributed by atoms with E-state index in [1.807, 2.05) is 0 Å². The Morgan fingerprint density at radius 2 is 1.42 bits per heavy atom. The summed E-state index contributed by atoms with van der Waals surface area (Å²) in [7, 11) is 0. The van der Waals surface area contributed by atoms with Crippen molar-refractivity contribution in [1.29, 1.82) is 0 Å². The summed E-state index contributed by atoms with van der Waals surface area (Å²) in [5, 5.41) is 3.88. The molecular weight excluding hydrogens is 232 g/mol. The molecule has 0 aromatic rings. The van der Waals surface area contributed by atoms with Crippen LogP contribution in [0.15, 0.2) is 0 Å². The van der Waals surface area contributed by atoms with Gasteiger partial charge in [0.15, 0.2) is 0 Å². The molecular formula is C17H32N2. The molecule has 3 rings (SSSR count). The molecule has 0 radical (unpaired) electrons. The van der Waals surface area contributed by atoms with Crippen LogP contribution in [0.4, 0.5) is 0 Å². The summed E-state index contributed by atoms with van der Waals surface area (Å²) >= 11 is 0. The summed E-state index contributed by atoms with van der Waals surface area (Å²) in [4.78, 5) is 2.86. The topological polar surface area (TPSA) is 15.3 Å². The molecule has 2 heteroatoms. The summed E-state index contributed by atoms with van der Waals surface area (Å²) < 4.78 is 0. The molecule has 110 valence electrons. The van der Waals surface area contributed by atoms with Gasteiger partial charge in [-0.3, -0.25) is 4.90 Å². The van der Waals surface area contributed by atoms with Crippen LogP contribution < -0.4 is 5.32 Å². The van der Waals surface area contributed by atoms with Crippen molar-refractivity contribution in [2.45, 2.75) is 82.7 Å². The fourth-order valence-electron chi connectivity index (χ4n) is 4.61. The minimum atomic E-state index is 0.796. The van der Waals surface area contributed by atoms with Gasteiger partial charge < -0.3 is 5.32 Å². The molecule has 2 saturated carbocycles. The maximum atomic E-state index is 3.88. The summed E-state index contributed by atoms with van der Waals surface area (Å²) in [5.74, 6) is 0.970. The fraction of sp³-hybridized carbons (Fsp3) is 1.00. The first-order valence-corrected chi connectivity index (χ1v) is 8.91. The second-order valence-electron chi connectivity index (χ2n) is 7.10. The van der Waals surface area contributed by atoms with Crippen molar-refractivity contribution >= 4 is 0 Å². The van der Waals surface area contributed by atoms with Gasteiger partial charge in [-0.1, -0.05) is 38.5 Å². The zero-order valence-corrected chi connectivity index (χ0v) is 12.6. The normalized spacial score (nSPS) is 33.2. The molecule has 1 saturated heterocycles. The van der Waals surface area contributed by atoms with E-state index in [1.54, 1.807) is 0 Å². The third-order valence-electron chi connectivity index (χ3n) is 5.77. The third kappa shape index (κ3) is 3.72. The largest absolute Gasteiger partial charge is 0.312 e. The lowest BCUT2D eigenvalue weighted by atomic mass is 9.83. The van der Waals surface area contributed by atoms with Crippen LogP contribution in [-0.4, -0.2) is 36.6 Å². The van der Waals surface area contributed by atoms with Crippen molar-refractivity contribution in [3.63, 3.8) is 0 Å². The molecule has 0 spiro atoms. The molecule has 0 bridgehead atoms. The second kappa shape index (κ2) is 7.08. The standard InChI is InChI=1S/C17H32N2/c1-3-8-15(9-4-1)17-14-19(13-7-12-18-17)16-10-5-2-6-11-16/h15-18H,1-14H2. The van der Waals surface area contributed by atoms with Crippen molar-refractivity contribution in [2.24, 2.45) is 5.92 Å². The quantitative estimate of drug-likeness (QED) is 0.820. The van der Waals surface area contributed by atoms with Crippen LogP contribution in [0.2, 0.25) is 0 Å². The van der Waals surface area contributed by atoms with Gasteiger partial charge in [0.1, 0.15) is 0 Å². The highest BCUT2D eigenvalue weighted by Crippen LogP contribution is 2.29. The first-order valence-electron chi connectivity index (χ1n) is 8.91. The second-order valence-corrected chi connectivity index (χ2v) is 7.10. The number of hydrogen-bond acceptors (Lipinski definition) is 2. The molecule has 0 aromatic heterocycles. The Balaban J connectivity index is 1.58. The van der Waals surface area contributed by atoms with Gasteiger partial charge in [0, 0.05) is 18.6 Å². The van der Waals surface area contributed by atoms with Gasteiger partial charge in [0.2, 0.25) is 0 Å². The average Bonchev–Trinajstić information content (AvgIpc) is 2.75. The molecule has 3 aliphatic rings. The number of hydrogen-bond donors (Lipinski definition) is 1. The monoisotopic (exact) mass is 264 g/mol. The maximum absolute atomic E-state index is 3.88. The van der Waals surface area contributed by atoms with Crippen molar-refractivity contribution in [3.05, 3.63) is 0 Å². The van der Waals surface area contributed by atoms with Crippen molar-refractivity contribution in [1.82, 2.24) is 10.2 Å². The van der Waals surface area contributed by atoms with Crippen LogP contribution in [-0.2, 0) is 0 Å². The summed E-state index contributed by atoms with van der Waals surface area (Å²) in [6, 6.07) is 1.71. The van der Waals surface area contributed by atoms with Crippen LogP contribution in [0.1, 0.15) is 70.6 Å². The van der Waals surface area contributed by atoms with Gasteiger partial charge in [-0.2, -0.15) is 0 Å². The maximum Gasteiger partial charge on any atom is 0.0223 e. The highest BCUT2D eigenvalue weighted by Gasteiger charge is 2.30. The van der Waals surface area contributed by atoms with Gasteiger partial charge in [0.05, 0.1) is 0 Å². The van der Waals surface area contributed by atoms with E-state index >= 15 is 0 Å². The lowest BCUT2D eigenvalue weighted by Gasteiger charge is -2.38. The zero-order valence-electron chi connectivity index (χ0n) is 12.6. The number of nitrogens with one attached hydrogen (secondary N) is 1. The molecule has 19 heavy (non-hydrogen) atoms. The van der Waals surface area contributed by atoms with Gasteiger partial charge in [0.25, 0.3) is 0 Å². The lowest BCUT2D eigenvalue weighted by Crippen LogP contribution is -2.47. The Bertz CT molecular complexity index is 228. The van der Waals surface area contributed by atoms with Crippen molar-refractivity contribution in [2.75, 3.05) is 19.6 Å². The highest BCUT2D eigenvalue weighted by molar-refractivity contribution is 4.87. The molecule has 2 aliphatic carbocycles. The van der Waals surface area contributed by atoms with Crippen LogP contribution in [0, 0.1) is 5.92 Å². The molecule has 1 unspecified atom stereocenters. The Labute approximate surface area is 119 Å². The van der Waals surface area contributed by atoms with E-state index < -0.39 is 0 Å².